The minimum atomic E-state index is -0.202. The van der Waals surface area contributed by atoms with Gasteiger partial charge in [0.1, 0.15) is 6.29 Å². The first-order valence-electron chi connectivity index (χ1n) is 6.72. The van der Waals surface area contributed by atoms with Gasteiger partial charge in [-0.05, 0) is 29.8 Å². The fourth-order valence-electron chi connectivity index (χ4n) is 1.99. The van der Waals surface area contributed by atoms with Crippen LogP contribution in [-0.4, -0.2) is 26.4 Å². The lowest BCUT2D eigenvalue weighted by molar-refractivity contribution is 0.0950. The van der Waals surface area contributed by atoms with Crippen LogP contribution >= 0.6 is 0 Å². The number of hydrogen-bond donors (Lipinski definition) is 1. The first kappa shape index (κ1) is 15.6. The van der Waals surface area contributed by atoms with Crippen LogP contribution in [0.25, 0.3) is 0 Å². The SMILES string of the molecule is COc1ccc(CNC(=O)c2ccc(C=O)cc2)cc1OC. The van der Waals surface area contributed by atoms with Gasteiger partial charge in [-0.15, -0.1) is 0 Å². The zero-order valence-electron chi connectivity index (χ0n) is 12.5. The average molecular weight is 299 g/mol. The average Bonchev–Trinajstić information content (AvgIpc) is 2.59. The predicted molar refractivity (Wildman–Crippen MR) is 82.5 cm³/mol. The molecule has 2 rings (SSSR count). The van der Waals surface area contributed by atoms with Gasteiger partial charge in [-0.1, -0.05) is 18.2 Å². The van der Waals surface area contributed by atoms with Crippen molar-refractivity contribution >= 4 is 12.2 Å². The lowest BCUT2D eigenvalue weighted by Crippen LogP contribution is -2.22. The van der Waals surface area contributed by atoms with Gasteiger partial charge in [-0.2, -0.15) is 0 Å². The van der Waals surface area contributed by atoms with Gasteiger partial charge in [-0.3, -0.25) is 9.59 Å². The summed E-state index contributed by atoms with van der Waals surface area (Å²) in [6, 6.07) is 11.9. The van der Waals surface area contributed by atoms with Gasteiger partial charge in [-0.25, -0.2) is 0 Å². The van der Waals surface area contributed by atoms with E-state index in [-0.39, 0.29) is 5.91 Å². The Hall–Kier alpha value is -2.82. The third kappa shape index (κ3) is 3.63. The summed E-state index contributed by atoms with van der Waals surface area (Å²) >= 11 is 0. The number of ether oxygens (including phenoxy) is 2. The monoisotopic (exact) mass is 299 g/mol. The number of nitrogens with one attached hydrogen (secondary N) is 1. The molecule has 114 valence electrons. The van der Waals surface area contributed by atoms with Crippen LogP contribution in [0, 0.1) is 0 Å². The highest BCUT2D eigenvalue weighted by molar-refractivity contribution is 5.94. The molecule has 0 radical (unpaired) electrons. The normalized spacial score (nSPS) is 9.91. The van der Waals surface area contributed by atoms with Gasteiger partial charge in [0, 0.05) is 17.7 Å². The molecular formula is C17H17NO4. The van der Waals surface area contributed by atoms with Gasteiger partial charge >= 0.3 is 0 Å². The van der Waals surface area contributed by atoms with E-state index in [1.54, 1.807) is 44.6 Å². The van der Waals surface area contributed by atoms with Gasteiger partial charge < -0.3 is 14.8 Å². The van der Waals surface area contributed by atoms with Crippen molar-refractivity contribution in [3.05, 3.63) is 59.2 Å². The van der Waals surface area contributed by atoms with E-state index >= 15 is 0 Å². The van der Waals surface area contributed by atoms with E-state index < -0.39 is 0 Å². The van der Waals surface area contributed by atoms with Crippen LogP contribution in [0.15, 0.2) is 42.5 Å². The van der Waals surface area contributed by atoms with E-state index in [1.165, 1.54) is 0 Å². The van der Waals surface area contributed by atoms with Crippen LogP contribution < -0.4 is 14.8 Å². The molecule has 1 N–H and O–H groups in total. The Morgan fingerprint density at radius 2 is 1.73 bits per heavy atom. The standard InChI is InChI=1S/C17H17NO4/c1-21-15-8-5-13(9-16(15)22-2)10-18-17(20)14-6-3-12(11-19)4-7-14/h3-9,11H,10H2,1-2H3,(H,18,20). The molecule has 5 nitrogen and oxygen atoms in total. The molecule has 0 saturated carbocycles. The minimum Gasteiger partial charge on any atom is -0.493 e. The van der Waals surface area contributed by atoms with E-state index in [1.807, 2.05) is 12.1 Å². The molecule has 2 aromatic carbocycles. The quantitative estimate of drug-likeness (QED) is 0.832. The minimum absolute atomic E-state index is 0.202. The largest absolute Gasteiger partial charge is 0.493 e. The highest BCUT2D eigenvalue weighted by Gasteiger charge is 2.07. The maximum atomic E-state index is 12.0. The van der Waals surface area contributed by atoms with Crippen molar-refractivity contribution in [2.24, 2.45) is 0 Å². The number of amides is 1. The van der Waals surface area contributed by atoms with Crippen molar-refractivity contribution in [3.8, 4) is 11.5 Å². The lowest BCUT2D eigenvalue weighted by atomic mass is 10.1. The second-order valence-electron chi connectivity index (χ2n) is 4.61. The third-order valence-corrected chi connectivity index (χ3v) is 3.21. The number of rotatable bonds is 6. The smallest absolute Gasteiger partial charge is 0.251 e. The third-order valence-electron chi connectivity index (χ3n) is 3.21. The summed E-state index contributed by atoms with van der Waals surface area (Å²) < 4.78 is 10.4. The number of carbonyl (C=O) groups excluding carboxylic acids is 2. The molecule has 2 aromatic rings. The Labute approximate surface area is 128 Å². The summed E-state index contributed by atoms with van der Waals surface area (Å²) in [6.45, 7) is 0.370. The van der Waals surface area contributed by atoms with E-state index in [0.29, 0.717) is 29.2 Å². The summed E-state index contributed by atoms with van der Waals surface area (Å²) in [6.07, 6.45) is 0.741. The second-order valence-corrected chi connectivity index (χ2v) is 4.61. The molecular weight excluding hydrogens is 282 g/mol. The molecule has 0 bridgehead atoms. The van der Waals surface area contributed by atoms with Crippen molar-refractivity contribution in [3.63, 3.8) is 0 Å². The zero-order valence-corrected chi connectivity index (χ0v) is 12.5. The molecule has 0 aromatic heterocycles. The predicted octanol–water partition coefficient (Wildman–Crippen LogP) is 2.45. The number of hydrogen-bond acceptors (Lipinski definition) is 4. The molecule has 0 atom stereocenters. The molecule has 0 saturated heterocycles. The molecule has 0 unspecified atom stereocenters. The van der Waals surface area contributed by atoms with Crippen molar-refractivity contribution < 1.29 is 19.1 Å². The Morgan fingerprint density at radius 3 is 2.32 bits per heavy atom. The van der Waals surface area contributed by atoms with Gasteiger partial charge in [0.15, 0.2) is 11.5 Å². The van der Waals surface area contributed by atoms with Crippen LogP contribution in [0.2, 0.25) is 0 Å². The summed E-state index contributed by atoms with van der Waals surface area (Å²) in [5.41, 5.74) is 1.94. The molecule has 0 heterocycles. The van der Waals surface area contributed by atoms with Crippen LogP contribution in [0.5, 0.6) is 11.5 Å². The summed E-state index contributed by atoms with van der Waals surface area (Å²) in [5.74, 6) is 1.05. The highest BCUT2D eigenvalue weighted by atomic mass is 16.5. The van der Waals surface area contributed by atoms with Gasteiger partial charge in [0.25, 0.3) is 5.91 Å². The van der Waals surface area contributed by atoms with E-state index in [2.05, 4.69) is 5.32 Å². The molecule has 5 heteroatoms. The molecule has 0 aliphatic carbocycles. The van der Waals surface area contributed by atoms with Gasteiger partial charge in [0.05, 0.1) is 14.2 Å². The van der Waals surface area contributed by atoms with E-state index in [9.17, 15) is 9.59 Å². The van der Waals surface area contributed by atoms with Crippen LogP contribution in [-0.2, 0) is 6.54 Å². The molecule has 0 aliphatic heterocycles. The molecule has 0 fully saturated rings. The molecule has 0 spiro atoms. The first-order valence-corrected chi connectivity index (χ1v) is 6.72. The number of carbonyl (C=O) groups is 2. The fourth-order valence-corrected chi connectivity index (χ4v) is 1.99. The van der Waals surface area contributed by atoms with Gasteiger partial charge in [0.2, 0.25) is 0 Å². The van der Waals surface area contributed by atoms with Crippen LogP contribution in [0.4, 0.5) is 0 Å². The topological polar surface area (TPSA) is 64.6 Å². The van der Waals surface area contributed by atoms with Crippen LogP contribution in [0.1, 0.15) is 26.3 Å². The first-order chi connectivity index (χ1) is 10.7. The Bertz CT molecular complexity index is 665. The summed E-state index contributed by atoms with van der Waals surface area (Å²) in [7, 11) is 3.14. The Morgan fingerprint density at radius 1 is 1.05 bits per heavy atom. The highest BCUT2D eigenvalue weighted by Crippen LogP contribution is 2.27. The molecule has 22 heavy (non-hydrogen) atoms. The summed E-state index contributed by atoms with van der Waals surface area (Å²) in [4.78, 5) is 22.6. The van der Waals surface area contributed by atoms with Crippen molar-refractivity contribution in [1.29, 1.82) is 0 Å². The maximum absolute atomic E-state index is 12.0. The summed E-state index contributed by atoms with van der Waals surface area (Å²) in [5, 5.41) is 2.82. The Balaban J connectivity index is 2.02. The molecule has 0 aliphatic rings. The lowest BCUT2D eigenvalue weighted by Gasteiger charge is -2.10. The van der Waals surface area contributed by atoms with E-state index in [4.69, 9.17) is 9.47 Å². The van der Waals surface area contributed by atoms with Crippen molar-refractivity contribution in [2.45, 2.75) is 6.54 Å². The second kappa shape index (κ2) is 7.26. The maximum Gasteiger partial charge on any atom is 0.251 e. The van der Waals surface area contributed by atoms with Crippen LogP contribution in [0.3, 0.4) is 0 Å². The van der Waals surface area contributed by atoms with Crippen molar-refractivity contribution in [1.82, 2.24) is 5.32 Å². The number of benzene rings is 2. The number of methoxy groups -OCH3 is 2. The van der Waals surface area contributed by atoms with E-state index in [0.717, 1.165) is 11.8 Å². The number of aldehydes is 1. The molecule has 1 amide bonds. The fraction of sp³-hybridized carbons (Fsp3) is 0.176. The van der Waals surface area contributed by atoms with Crippen molar-refractivity contribution in [2.75, 3.05) is 14.2 Å². The zero-order chi connectivity index (χ0) is 15.9. The Kier molecular flexibility index (Phi) is 5.14.